The lowest BCUT2D eigenvalue weighted by molar-refractivity contribution is -0.118. The Labute approximate surface area is 180 Å². The van der Waals surface area contributed by atoms with E-state index in [1.165, 1.54) is 17.2 Å². The molecule has 0 spiro atoms. The van der Waals surface area contributed by atoms with Crippen LogP contribution in [-0.2, 0) is 14.6 Å². The molecule has 1 atom stereocenters. The van der Waals surface area contributed by atoms with Crippen LogP contribution in [0.1, 0.15) is 24.8 Å². The first-order valence-corrected chi connectivity index (χ1v) is 12.0. The highest BCUT2D eigenvalue weighted by atomic mass is 35.5. The van der Waals surface area contributed by atoms with Crippen molar-refractivity contribution in [2.45, 2.75) is 25.7 Å². The summed E-state index contributed by atoms with van der Waals surface area (Å²) >= 11 is 7.12. The van der Waals surface area contributed by atoms with Crippen LogP contribution in [0, 0.1) is 5.92 Å². The number of alkyl halides is 2. The number of allylic oxidation sites excluding steroid dienone is 2. The average Bonchev–Trinajstić information content (AvgIpc) is 3.03. The van der Waals surface area contributed by atoms with Crippen molar-refractivity contribution in [3.05, 3.63) is 28.3 Å². The maximum Gasteiger partial charge on any atom is 0.252 e. The van der Waals surface area contributed by atoms with E-state index in [-0.39, 0.29) is 40.2 Å². The predicted octanol–water partition coefficient (Wildman–Crippen LogP) is 3.51. The molecule has 1 aromatic rings. The second kappa shape index (κ2) is 8.48. The molecule has 13 heteroatoms. The molecule has 0 aromatic carbocycles. The Morgan fingerprint density at radius 1 is 1.50 bits per heavy atom. The standard InChI is InChI=1S/C17H19ClF3N3O4S2/c1-2-24(13(25)3-4-30(27,28)9-11-6-17(11,20)21)16-14(18)22-15(29-16)10-5-12(19)8-23(26)7-10/h5,7,11,26H,2-4,6,8-9H2,1H3. The van der Waals surface area contributed by atoms with Crippen LogP contribution in [-0.4, -0.2) is 60.1 Å². The molecule has 166 valence electrons. The summed E-state index contributed by atoms with van der Waals surface area (Å²) in [4.78, 5) is 17.9. The molecule has 1 fully saturated rings. The number of nitrogens with zero attached hydrogens (tertiary/aromatic N) is 3. The van der Waals surface area contributed by atoms with Gasteiger partial charge in [-0.1, -0.05) is 22.9 Å². The lowest BCUT2D eigenvalue weighted by atomic mass is 10.2. The van der Waals surface area contributed by atoms with Gasteiger partial charge in [-0.05, 0) is 13.0 Å². The Morgan fingerprint density at radius 3 is 2.73 bits per heavy atom. The number of thiazole rings is 1. The highest BCUT2D eigenvalue weighted by molar-refractivity contribution is 7.91. The second-order valence-electron chi connectivity index (χ2n) is 7.05. The number of aromatic nitrogens is 1. The van der Waals surface area contributed by atoms with Crippen molar-refractivity contribution in [1.82, 2.24) is 10.0 Å². The van der Waals surface area contributed by atoms with Crippen LogP contribution in [0.15, 0.2) is 18.1 Å². The molecule has 2 heterocycles. The summed E-state index contributed by atoms with van der Waals surface area (Å²) < 4.78 is 63.6. The van der Waals surface area contributed by atoms with Gasteiger partial charge >= 0.3 is 0 Å². The highest BCUT2D eigenvalue weighted by Gasteiger charge is 2.58. The van der Waals surface area contributed by atoms with Gasteiger partial charge in [-0.25, -0.2) is 26.6 Å². The molecule has 0 bridgehead atoms. The maximum atomic E-state index is 13.6. The van der Waals surface area contributed by atoms with Gasteiger partial charge in [0.15, 0.2) is 15.0 Å². The molecule has 3 rings (SSSR count). The lowest BCUT2D eigenvalue weighted by Crippen LogP contribution is -2.32. The van der Waals surface area contributed by atoms with Crippen LogP contribution < -0.4 is 4.90 Å². The van der Waals surface area contributed by atoms with Crippen molar-refractivity contribution < 1.29 is 31.6 Å². The lowest BCUT2D eigenvalue weighted by Gasteiger charge is -2.19. The topological polar surface area (TPSA) is 90.8 Å². The zero-order chi connectivity index (χ0) is 22.3. The number of hydroxylamine groups is 2. The minimum atomic E-state index is -3.81. The van der Waals surface area contributed by atoms with E-state index in [2.05, 4.69) is 4.98 Å². The number of hydrogen-bond donors (Lipinski definition) is 1. The minimum absolute atomic E-state index is 0.0320. The predicted molar refractivity (Wildman–Crippen MR) is 107 cm³/mol. The first-order valence-electron chi connectivity index (χ1n) is 9.00. The third-order valence-corrected chi connectivity index (χ3v) is 7.87. The van der Waals surface area contributed by atoms with Crippen LogP contribution in [0.2, 0.25) is 5.15 Å². The molecule has 1 aliphatic carbocycles. The quantitative estimate of drug-likeness (QED) is 0.606. The fourth-order valence-corrected chi connectivity index (χ4v) is 5.96. The zero-order valence-electron chi connectivity index (χ0n) is 15.8. The minimum Gasteiger partial charge on any atom is -0.301 e. The number of rotatable bonds is 8. The SMILES string of the molecule is CCN(C(=O)CCS(=O)(=O)CC1CC1(F)F)c1sc(C2=CN(O)CC(F)=C2)nc1Cl. The third-order valence-electron chi connectivity index (χ3n) is 4.63. The Hall–Kier alpha value is -1.63. The van der Waals surface area contributed by atoms with Gasteiger partial charge in [0.2, 0.25) is 5.91 Å². The molecule has 0 saturated heterocycles. The van der Waals surface area contributed by atoms with Gasteiger partial charge in [-0.15, -0.1) is 0 Å². The second-order valence-corrected chi connectivity index (χ2v) is 10.6. The summed E-state index contributed by atoms with van der Waals surface area (Å²) in [7, 11) is -3.81. The van der Waals surface area contributed by atoms with Crippen molar-refractivity contribution in [2.75, 3.05) is 29.5 Å². The molecule has 7 nitrogen and oxygen atoms in total. The molecular weight excluding hydrogens is 467 g/mol. The van der Waals surface area contributed by atoms with E-state index in [0.717, 1.165) is 11.3 Å². The van der Waals surface area contributed by atoms with Crippen molar-refractivity contribution in [1.29, 1.82) is 0 Å². The third kappa shape index (κ3) is 5.34. The Bertz CT molecular complexity index is 1010. The molecule has 1 unspecified atom stereocenters. The average molecular weight is 486 g/mol. The largest absolute Gasteiger partial charge is 0.301 e. The Kier molecular flexibility index (Phi) is 6.51. The Morgan fingerprint density at radius 2 is 2.17 bits per heavy atom. The maximum absolute atomic E-state index is 13.6. The summed E-state index contributed by atoms with van der Waals surface area (Å²) in [5.41, 5.74) is 0.260. The van der Waals surface area contributed by atoms with Crippen LogP contribution in [0.4, 0.5) is 18.2 Å². The van der Waals surface area contributed by atoms with Crippen molar-refractivity contribution in [3.8, 4) is 0 Å². The van der Waals surface area contributed by atoms with Crippen LogP contribution >= 0.6 is 22.9 Å². The van der Waals surface area contributed by atoms with E-state index in [1.807, 2.05) is 0 Å². The number of sulfone groups is 1. The fourth-order valence-electron chi connectivity index (χ4n) is 2.96. The first-order chi connectivity index (χ1) is 13.9. The van der Waals surface area contributed by atoms with E-state index in [4.69, 9.17) is 11.6 Å². The van der Waals surface area contributed by atoms with Gasteiger partial charge in [0.1, 0.15) is 15.8 Å². The molecule has 1 saturated carbocycles. The zero-order valence-corrected chi connectivity index (χ0v) is 18.2. The number of anilines is 1. The van der Waals surface area contributed by atoms with Crippen LogP contribution in [0.3, 0.4) is 0 Å². The Balaban J connectivity index is 1.70. The number of amides is 1. The molecule has 1 N–H and O–H groups in total. The summed E-state index contributed by atoms with van der Waals surface area (Å²) in [5, 5.41) is 10.7. The fraction of sp³-hybridized carbons (Fsp3) is 0.529. The van der Waals surface area contributed by atoms with Gasteiger partial charge in [-0.2, -0.15) is 0 Å². The molecule has 30 heavy (non-hydrogen) atoms. The van der Waals surface area contributed by atoms with Gasteiger partial charge in [0.05, 0.1) is 18.1 Å². The molecule has 2 aliphatic rings. The molecule has 1 aliphatic heterocycles. The van der Waals surface area contributed by atoms with Gasteiger partial charge in [0, 0.05) is 37.1 Å². The first kappa shape index (κ1) is 23.0. The summed E-state index contributed by atoms with van der Waals surface area (Å²) in [6.45, 7) is 1.52. The van der Waals surface area contributed by atoms with Crippen LogP contribution in [0.25, 0.3) is 5.57 Å². The van der Waals surface area contributed by atoms with Gasteiger partial charge < -0.3 is 4.90 Å². The van der Waals surface area contributed by atoms with Crippen molar-refractivity contribution >= 4 is 49.3 Å². The van der Waals surface area contributed by atoms with E-state index < -0.39 is 51.3 Å². The van der Waals surface area contributed by atoms with E-state index in [1.54, 1.807) is 6.92 Å². The van der Waals surface area contributed by atoms with E-state index in [0.29, 0.717) is 5.06 Å². The number of hydrogen-bond acceptors (Lipinski definition) is 7. The number of carbonyl (C=O) groups excluding carboxylic acids is 1. The molecule has 1 amide bonds. The van der Waals surface area contributed by atoms with Gasteiger partial charge in [0.25, 0.3) is 5.92 Å². The summed E-state index contributed by atoms with van der Waals surface area (Å²) in [6.07, 6.45) is 1.61. The normalized spacial score (nSPS) is 20.6. The van der Waals surface area contributed by atoms with E-state index >= 15 is 0 Å². The van der Waals surface area contributed by atoms with Crippen molar-refractivity contribution in [2.24, 2.45) is 5.92 Å². The summed E-state index contributed by atoms with van der Waals surface area (Å²) in [6, 6.07) is 0. The molecule has 0 radical (unpaired) electrons. The summed E-state index contributed by atoms with van der Waals surface area (Å²) in [5.74, 6) is -6.45. The molecular formula is C17H19ClF3N3O4S2. The van der Waals surface area contributed by atoms with Gasteiger partial charge in [-0.3, -0.25) is 15.1 Å². The number of halogens is 4. The smallest absolute Gasteiger partial charge is 0.252 e. The van der Waals surface area contributed by atoms with Crippen LogP contribution in [0.5, 0.6) is 0 Å². The van der Waals surface area contributed by atoms with E-state index in [9.17, 15) is 31.6 Å². The monoisotopic (exact) mass is 485 g/mol. The molecule has 1 aromatic heterocycles. The number of carbonyl (C=O) groups is 1. The van der Waals surface area contributed by atoms with Crippen molar-refractivity contribution in [3.63, 3.8) is 0 Å². The highest BCUT2D eigenvalue weighted by Crippen LogP contribution is 2.49.